The van der Waals surface area contributed by atoms with E-state index in [-0.39, 0.29) is 5.91 Å². The van der Waals surface area contributed by atoms with Gasteiger partial charge in [0.05, 0.1) is 5.69 Å². The minimum Gasteiger partial charge on any atom is -0.444 e. The number of anilines is 1. The van der Waals surface area contributed by atoms with Gasteiger partial charge in [0.15, 0.2) is 5.13 Å². The summed E-state index contributed by atoms with van der Waals surface area (Å²) in [6.07, 6.45) is 0.171. The Labute approximate surface area is 150 Å². The SMILES string of the molecule is CC(C)(C)OC(=O)N1CC[C@H]1C(=O)Nc1nc(-c2ccccc2)cs1. The Kier molecular flexibility index (Phi) is 4.76. The first-order valence-corrected chi connectivity index (χ1v) is 9.03. The van der Waals surface area contributed by atoms with Crippen molar-refractivity contribution in [3.63, 3.8) is 0 Å². The number of thiazole rings is 1. The van der Waals surface area contributed by atoms with Crippen molar-refractivity contribution in [1.29, 1.82) is 0 Å². The number of aromatic nitrogens is 1. The molecule has 25 heavy (non-hydrogen) atoms. The van der Waals surface area contributed by atoms with Gasteiger partial charge >= 0.3 is 6.09 Å². The van der Waals surface area contributed by atoms with Crippen LogP contribution in [0.25, 0.3) is 11.3 Å². The van der Waals surface area contributed by atoms with Crippen LogP contribution in [0.2, 0.25) is 0 Å². The average Bonchev–Trinajstić information content (AvgIpc) is 2.93. The van der Waals surface area contributed by atoms with Gasteiger partial charge in [0, 0.05) is 17.5 Å². The Bertz CT molecular complexity index is 767. The smallest absolute Gasteiger partial charge is 0.410 e. The molecule has 1 N–H and O–H groups in total. The number of ether oxygens (including phenoxy) is 1. The van der Waals surface area contributed by atoms with Crippen LogP contribution in [0, 0.1) is 0 Å². The molecule has 6 nitrogen and oxygen atoms in total. The monoisotopic (exact) mass is 359 g/mol. The Balaban J connectivity index is 1.61. The Morgan fingerprint density at radius 2 is 2.00 bits per heavy atom. The second-order valence-electron chi connectivity index (χ2n) is 6.87. The molecule has 0 bridgehead atoms. The van der Waals surface area contributed by atoms with E-state index in [0.29, 0.717) is 18.1 Å². The zero-order valence-corrected chi connectivity index (χ0v) is 15.3. The van der Waals surface area contributed by atoms with Gasteiger partial charge in [0.1, 0.15) is 11.6 Å². The molecule has 1 atom stereocenters. The molecular weight excluding hydrogens is 338 g/mol. The fraction of sp³-hybridized carbons (Fsp3) is 0.389. The van der Waals surface area contributed by atoms with Crippen molar-refractivity contribution in [3.05, 3.63) is 35.7 Å². The number of rotatable bonds is 3. The summed E-state index contributed by atoms with van der Waals surface area (Å²) in [5.41, 5.74) is 1.24. The number of amides is 2. The molecule has 0 radical (unpaired) electrons. The van der Waals surface area contributed by atoms with Crippen LogP contribution in [0.15, 0.2) is 35.7 Å². The predicted molar refractivity (Wildman–Crippen MR) is 97.5 cm³/mol. The molecule has 0 aliphatic carbocycles. The van der Waals surface area contributed by atoms with Crippen molar-refractivity contribution in [2.75, 3.05) is 11.9 Å². The molecule has 2 aromatic rings. The highest BCUT2D eigenvalue weighted by Gasteiger charge is 2.40. The number of nitrogens with zero attached hydrogens (tertiary/aromatic N) is 2. The third-order valence-corrected chi connectivity index (χ3v) is 4.51. The molecule has 3 rings (SSSR count). The lowest BCUT2D eigenvalue weighted by atomic mass is 10.0. The second-order valence-corrected chi connectivity index (χ2v) is 7.73. The number of benzene rings is 1. The molecule has 1 aromatic heterocycles. The minimum atomic E-state index is -0.576. The maximum Gasteiger partial charge on any atom is 0.410 e. The minimum absolute atomic E-state index is 0.230. The summed E-state index contributed by atoms with van der Waals surface area (Å²) in [6.45, 7) is 5.95. The fourth-order valence-corrected chi connectivity index (χ4v) is 3.18. The van der Waals surface area contributed by atoms with Gasteiger partial charge in [-0.2, -0.15) is 0 Å². The molecule has 1 aliphatic heterocycles. The maximum absolute atomic E-state index is 12.4. The van der Waals surface area contributed by atoms with Crippen LogP contribution in [0.4, 0.5) is 9.93 Å². The van der Waals surface area contributed by atoms with Crippen LogP contribution < -0.4 is 5.32 Å². The molecular formula is C18H21N3O3S. The maximum atomic E-state index is 12.4. The highest BCUT2D eigenvalue weighted by atomic mass is 32.1. The summed E-state index contributed by atoms with van der Waals surface area (Å²) in [6, 6.07) is 9.27. The summed E-state index contributed by atoms with van der Waals surface area (Å²) in [5.74, 6) is -0.230. The van der Waals surface area contributed by atoms with Crippen molar-refractivity contribution in [2.45, 2.75) is 38.8 Å². The van der Waals surface area contributed by atoms with E-state index in [0.717, 1.165) is 11.3 Å². The molecule has 1 aromatic carbocycles. The third-order valence-electron chi connectivity index (χ3n) is 3.75. The molecule has 2 amide bonds. The summed E-state index contributed by atoms with van der Waals surface area (Å²) < 4.78 is 5.33. The van der Waals surface area contributed by atoms with Gasteiger partial charge in [0.25, 0.3) is 0 Å². The lowest BCUT2D eigenvalue weighted by molar-refractivity contribution is -0.125. The van der Waals surface area contributed by atoms with E-state index in [2.05, 4.69) is 10.3 Å². The van der Waals surface area contributed by atoms with E-state index < -0.39 is 17.7 Å². The number of hydrogen-bond donors (Lipinski definition) is 1. The van der Waals surface area contributed by atoms with Crippen molar-refractivity contribution in [2.24, 2.45) is 0 Å². The quantitative estimate of drug-likeness (QED) is 0.906. The lowest BCUT2D eigenvalue weighted by Crippen LogP contribution is -2.57. The fourth-order valence-electron chi connectivity index (χ4n) is 2.46. The summed E-state index contributed by atoms with van der Waals surface area (Å²) in [7, 11) is 0. The van der Waals surface area contributed by atoms with Gasteiger partial charge in [-0.25, -0.2) is 9.78 Å². The summed E-state index contributed by atoms with van der Waals surface area (Å²) >= 11 is 1.37. The molecule has 2 heterocycles. The van der Waals surface area contributed by atoms with Gasteiger partial charge in [-0.3, -0.25) is 9.69 Å². The van der Waals surface area contributed by atoms with Crippen LogP contribution in [0.3, 0.4) is 0 Å². The largest absolute Gasteiger partial charge is 0.444 e. The number of nitrogens with one attached hydrogen (secondary N) is 1. The van der Waals surface area contributed by atoms with Crippen molar-refractivity contribution < 1.29 is 14.3 Å². The molecule has 1 aliphatic rings. The topological polar surface area (TPSA) is 71.5 Å². The van der Waals surface area contributed by atoms with E-state index in [4.69, 9.17) is 4.74 Å². The molecule has 132 valence electrons. The number of carbonyl (C=O) groups excluding carboxylic acids is 2. The van der Waals surface area contributed by atoms with Crippen LogP contribution >= 0.6 is 11.3 Å². The third kappa shape index (κ3) is 4.17. The zero-order chi connectivity index (χ0) is 18.0. The van der Waals surface area contributed by atoms with Crippen molar-refractivity contribution in [3.8, 4) is 11.3 Å². The van der Waals surface area contributed by atoms with Crippen molar-refractivity contribution >= 4 is 28.5 Å². The van der Waals surface area contributed by atoms with Crippen LogP contribution in [-0.2, 0) is 9.53 Å². The predicted octanol–water partition coefficient (Wildman–Crippen LogP) is 3.76. The van der Waals surface area contributed by atoms with E-state index >= 15 is 0 Å². The first-order valence-electron chi connectivity index (χ1n) is 8.15. The Morgan fingerprint density at radius 3 is 2.60 bits per heavy atom. The molecule has 0 unspecified atom stereocenters. The van der Waals surface area contributed by atoms with E-state index in [9.17, 15) is 9.59 Å². The van der Waals surface area contributed by atoms with E-state index in [1.807, 2.05) is 35.7 Å². The summed E-state index contributed by atoms with van der Waals surface area (Å²) in [4.78, 5) is 30.4. The highest BCUT2D eigenvalue weighted by Crippen LogP contribution is 2.27. The number of likely N-dealkylation sites (tertiary alicyclic amines) is 1. The highest BCUT2D eigenvalue weighted by molar-refractivity contribution is 7.14. The first-order chi connectivity index (χ1) is 11.8. The Morgan fingerprint density at radius 1 is 1.28 bits per heavy atom. The number of hydrogen-bond acceptors (Lipinski definition) is 5. The number of carbonyl (C=O) groups is 2. The molecule has 1 fully saturated rings. The van der Waals surface area contributed by atoms with Gasteiger partial charge in [0.2, 0.25) is 5.91 Å². The van der Waals surface area contributed by atoms with Crippen LogP contribution in [0.5, 0.6) is 0 Å². The van der Waals surface area contributed by atoms with Gasteiger partial charge in [-0.05, 0) is 27.2 Å². The zero-order valence-electron chi connectivity index (χ0n) is 14.5. The van der Waals surface area contributed by atoms with Gasteiger partial charge in [-0.1, -0.05) is 30.3 Å². The van der Waals surface area contributed by atoms with Crippen molar-refractivity contribution in [1.82, 2.24) is 9.88 Å². The average molecular weight is 359 g/mol. The lowest BCUT2D eigenvalue weighted by Gasteiger charge is -2.39. The molecule has 1 saturated heterocycles. The Hall–Kier alpha value is -2.41. The first kappa shape index (κ1) is 17.4. The summed E-state index contributed by atoms with van der Waals surface area (Å²) in [5, 5.41) is 5.23. The van der Waals surface area contributed by atoms with E-state index in [1.54, 1.807) is 20.8 Å². The molecule has 0 spiro atoms. The standard InChI is InChI=1S/C18H21N3O3S/c1-18(2,3)24-17(23)21-10-9-14(21)15(22)20-16-19-13(11-25-16)12-7-5-4-6-8-12/h4-8,11,14H,9-10H2,1-3H3,(H,19,20,22)/t14-/m0/s1. The van der Waals surface area contributed by atoms with E-state index in [1.165, 1.54) is 16.2 Å². The van der Waals surface area contributed by atoms with Crippen LogP contribution in [0.1, 0.15) is 27.2 Å². The van der Waals surface area contributed by atoms with Crippen LogP contribution in [-0.4, -0.2) is 40.1 Å². The molecule has 0 saturated carbocycles. The second kappa shape index (κ2) is 6.84. The normalized spacial score (nSPS) is 16.9. The van der Waals surface area contributed by atoms with Gasteiger partial charge < -0.3 is 10.1 Å². The van der Waals surface area contributed by atoms with Gasteiger partial charge in [-0.15, -0.1) is 11.3 Å². The molecule has 7 heteroatoms.